The van der Waals surface area contributed by atoms with E-state index in [1.54, 1.807) is 12.1 Å². The van der Waals surface area contributed by atoms with Crippen LogP contribution in [0.3, 0.4) is 0 Å². The predicted molar refractivity (Wildman–Crippen MR) is 103 cm³/mol. The van der Waals surface area contributed by atoms with E-state index in [4.69, 9.17) is 0 Å². The number of nitrogens with zero attached hydrogens (tertiary/aromatic N) is 1. The third kappa shape index (κ3) is 4.86. The van der Waals surface area contributed by atoms with Crippen molar-refractivity contribution in [3.63, 3.8) is 0 Å². The van der Waals surface area contributed by atoms with E-state index >= 15 is 0 Å². The first-order valence-electron chi connectivity index (χ1n) is 8.88. The molecule has 1 saturated heterocycles. The lowest BCUT2D eigenvalue weighted by molar-refractivity contribution is -0.122. The first-order valence-corrected chi connectivity index (χ1v) is 10.3. The second-order valence-corrected chi connectivity index (χ2v) is 8.47. The van der Waals surface area contributed by atoms with Gasteiger partial charge in [-0.15, -0.1) is 0 Å². The van der Waals surface area contributed by atoms with E-state index in [2.05, 4.69) is 26.3 Å². The summed E-state index contributed by atoms with van der Waals surface area (Å²) in [6.07, 6.45) is 1.11. The van der Waals surface area contributed by atoms with E-state index < -0.39 is 22.2 Å². The van der Waals surface area contributed by atoms with Crippen LogP contribution in [0.15, 0.2) is 28.1 Å². The molecule has 10 nitrogen and oxygen atoms in total. The molecule has 0 spiro atoms. The number of urea groups is 1. The van der Waals surface area contributed by atoms with E-state index in [1.807, 2.05) is 13.8 Å². The van der Waals surface area contributed by atoms with Gasteiger partial charge in [0.25, 0.3) is 10.1 Å². The molecule has 152 valence electrons. The highest BCUT2D eigenvalue weighted by Gasteiger charge is 2.31. The van der Waals surface area contributed by atoms with Crippen LogP contribution >= 0.6 is 0 Å². The van der Waals surface area contributed by atoms with Crippen LogP contribution in [0, 0.1) is 6.92 Å². The fourth-order valence-corrected chi connectivity index (χ4v) is 4.01. The highest BCUT2D eigenvalue weighted by Crippen LogP contribution is 2.24. The third-order valence-corrected chi connectivity index (χ3v) is 5.50. The normalized spacial score (nSPS) is 25.5. The van der Waals surface area contributed by atoms with Gasteiger partial charge in [0, 0.05) is 19.0 Å². The summed E-state index contributed by atoms with van der Waals surface area (Å²) in [7, 11) is -4.39. The Kier molecular flexibility index (Phi) is 5.68. The number of carbonyl (C=O) groups is 2. The number of rotatable bonds is 4. The van der Waals surface area contributed by atoms with Gasteiger partial charge in [-0.25, -0.2) is 4.79 Å². The lowest BCUT2D eigenvalue weighted by atomic mass is 9.99. The van der Waals surface area contributed by atoms with Gasteiger partial charge in [0.15, 0.2) is 0 Å². The van der Waals surface area contributed by atoms with Gasteiger partial charge in [-0.05, 0) is 38.0 Å². The number of imide groups is 1. The topological polar surface area (TPSA) is 149 Å². The standard InChI is InChI=1S/C17H23N5O5S/c1-9-3-4-14(28(25,26)27)12(5-9)21-15-7-11(6-10(2)19-15)20-13-8-18-17(24)22-16(13)23/h3-5,10-11,13,20H,6-8H2,1-2H3,(H,19,21)(H,25,26,27)(H2,18,22,23,24). The zero-order valence-electron chi connectivity index (χ0n) is 15.5. The molecular weight excluding hydrogens is 386 g/mol. The van der Waals surface area contributed by atoms with Crippen molar-refractivity contribution in [2.24, 2.45) is 4.99 Å². The van der Waals surface area contributed by atoms with Crippen molar-refractivity contribution in [2.75, 3.05) is 11.9 Å². The largest absolute Gasteiger partial charge is 0.343 e. The summed E-state index contributed by atoms with van der Waals surface area (Å²) in [5, 5.41) is 11.0. The number of hydrogen-bond acceptors (Lipinski definition) is 7. The first kappa shape index (κ1) is 20.2. The molecule has 0 aliphatic carbocycles. The van der Waals surface area contributed by atoms with Crippen molar-refractivity contribution in [3.05, 3.63) is 23.8 Å². The Morgan fingerprint density at radius 1 is 1.29 bits per heavy atom. The summed E-state index contributed by atoms with van der Waals surface area (Å²) >= 11 is 0. The Morgan fingerprint density at radius 3 is 2.71 bits per heavy atom. The number of aliphatic imine (C=N–C) groups is 1. The Balaban J connectivity index is 1.74. The van der Waals surface area contributed by atoms with Gasteiger partial charge in [0.1, 0.15) is 16.8 Å². The smallest absolute Gasteiger partial charge is 0.321 e. The lowest BCUT2D eigenvalue weighted by Gasteiger charge is -2.32. The highest BCUT2D eigenvalue weighted by molar-refractivity contribution is 7.86. The minimum Gasteiger partial charge on any atom is -0.343 e. The Bertz CT molecular complexity index is 930. The summed E-state index contributed by atoms with van der Waals surface area (Å²) in [6.45, 7) is 3.92. The molecule has 0 bridgehead atoms. The van der Waals surface area contributed by atoms with Crippen molar-refractivity contribution < 1.29 is 22.6 Å². The summed E-state index contributed by atoms with van der Waals surface area (Å²) < 4.78 is 32.8. The van der Waals surface area contributed by atoms with Gasteiger partial charge in [-0.1, -0.05) is 6.07 Å². The van der Waals surface area contributed by atoms with Crippen LogP contribution in [0.25, 0.3) is 0 Å². The van der Waals surface area contributed by atoms with Crippen LogP contribution < -0.4 is 21.3 Å². The molecule has 0 saturated carbocycles. The molecular formula is C17H23N5O5S. The summed E-state index contributed by atoms with van der Waals surface area (Å²) in [6, 6.07) is 3.33. The molecule has 3 rings (SSSR count). The van der Waals surface area contributed by atoms with Crippen LogP contribution in [-0.2, 0) is 14.9 Å². The minimum atomic E-state index is -4.39. The zero-order valence-corrected chi connectivity index (χ0v) is 16.3. The van der Waals surface area contributed by atoms with Crippen LogP contribution in [0.1, 0.15) is 25.3 Å². The van der Waals surface area contributed by atoms with Crippen molar-refractivity contribution in [3.8, 4) is 0 Å². The van der Waals surface area contributed by atoms with Gasteiger partial charge in [0.05, 0.1) is 11.7 Å². The number of benzene rings is 1. The second-order valence-electron chi connectivity index (χ2n) is 7.08. The molecule has 1 fully saturated rings. The number of anilines is 1. The number of amides is 3. The molecule has 0 aromatic heterocycles. The van der Waals surface area contributed by atoms with Gasteiger partial charge >= 0.3 is 6.03 Å². The van der Waals surface area contributed by atoms with Crippen LogP contribution in [0.4, 0.5) is 10.5 Å². The maximum absolute atomic E-state index is 12.0. The van der Waals surface area contributed by atoms with Crippen LogP contribution in [0.5, 0.6) is 0 Å². The van der Waals surface area contributed by atoms with Gasteiger partial charge < -0.3 is 16.0 Å². The van der Waals surface area contributed by atoms with E-state index in [-0.39, 0.29) is 35.1 Å². The number of amidine groups is 1. The monoisotopic (exact) mass is 409 g/mol. The maximum Gasteiger partial charge on any atom is 0.321 e. The number of aryl methyl sites for hydroxylation is 1. The van der Waals surface area contributed by atoms with E-state index in [0.717, 1.165) is 5.56 Å². The summed E-state index contributed by atoms with van der Waals surface area (Å²) in [4.78, 5) is 27.4. The van der Waals surface area contributed by atoms with Crippen molar-refractivity contribution in [2.45, 2.75) is 49.7 Å². The maximum atomic E-state index is 12.0. The molecule has 3 unspecified atom stereocenters. The van der Waals surface area contributed by atoms with E-state index in [9.17, 15) is 22.6 Å². The minimum absolute atomic E-state index is 0.0611. The number of carbonyl (C=O) groups excluding carboxylic acids is 2. The summed E-state index contributed by atoms with van der Waals surface area (Å²) in [5.74, 6) is 0.160. The quantitative estimate of drug-likeness (QED) is 0.452. The molecule has 2 aliphatic heterocycles. The van der Waals surface area contributed by atoms with Crippen molar-refractivity contribution in [1.82, 2.24) is 16.0 Å². The fraction of sp³-hybridized carbons (Fsp3) is 0.471. The van der Waals surface area contributed by atoms with Crippen molar-refractivity contribution >= 4 is 33.6 Å². The second kappa shape index (κ2) is 7.86. The molecule has 3 amide bonds. The molecule has 1 aromatic rings. The highest BCUT2D eigenvalue weighted by atomic mass is 32.2. The van der Waals surface area contributed by atoms with Crippen molar-refractivity contribution in [1.29, 1.82) is 0 Å². The summed E-state index contributed by atoms with van der Waals surface area (Å²) in [5.41, 5.74) is 1.07. The molecule has 0 radical (unpaired) electrons. The number of hydrogen-bond donors (Lipinski definition) is 5. The van der Waals surface area contributed by atoms with Crippen LogP contribution in [-0.4, -0.2) is 55.4 Å². The number of nitrogens with one attached hydrogen (secondary N) is 4. The molecule has 2 aliphatic rings. The Labute approximate surface area is 162 Å². The van der Waals surface area contributed by atoms with Gasteiger partial charge in [-0.2, -0.15) is 8.42 Å². The SMILES string of the molecule is Cc1ccc(S(=O)(=O)O)c(NC2=NC(C)CC(NC3CNC(=O)NC3=O)C2)c1. The third-order valence-electron chi connectivity index (χ3n) is 4.59. The Hall–Kier alpha value is -2.50. The Morgan fingerprint density at radius 2 is 2.04 bits per heavy atom. The average molecular weight is 409 g/mol. The van der Waals surface area contributed by atoms with E-state index in [1.165, 1.54) is 6.07 Å². The van der Waals surface area contributed by atoms with Crippen LogP contribution in [0.2, 0.25) is 0 Å². The average Bonchev–Trinajstić information content (AvgIpc) is 2.56. The fourth-order valence-electron chi connectivity index (χ4n) is 3.38. The van der Waals surface area contributed by atoms with E-state index in [0.29, 0.717) is 18.7 Å². The molecule has 1 aromatic carbocycles. The molecule has 28 heavy (non-hydrogen) atoms. The van der Waals surface area contributed by atoms with Gasteiger partial charge in [0.2, 0.25) is 5.91 Å². The molecule has 3 atom stereocenters. The zero-order chi connectivity index (χ0) is 20.5. The molecule has 2 heterocycles. The predicted octanol–water partition coefficient (Wildman–Crippen LogP) is 0.401. The first-order chi connectivity index (χ1) is 13.1. The molecule has 11 heteroatoms. The molecule has 5 N–H and O–H groups in total. The lowest BCUT2D eigenvalue weighted by Crippen LogP contribution is -2.62. The van der Waals surface area contributed by atoms with Gasteiger partial charge in [-0.3, -0.25) is 19.7 Å².